The second-order valence-electron chi connectivity index (χ2n) is 7.45. The van der Waals surface area contributed by atoms with Crippen molar-refractivity contribution in [1.29, 1.82) is 0 Å². The normalized spacial score (nSPS) is 36.9. The van der Waals surface area contributed by atoms with Crippen LogP contribution >= 0.6 is 0 Å². The van der Waals surface area contributed by atoms with Crippen LogP contribution in [0.5, 0.6) is 0 Å². The zero-order valence-corrected chi connectivity index (χ0v) is 11.5. The first-order chi connectivity index (χ1) is 8.23. The minimum atomic E-state index is -0.482. The summed E-state index contributed by atoms with van der Waals surface area (Å²) < 4.78 is 5.43. The van der Waals surface area contributed by atoms with Crippen LogP contribution in [0.15, 0.2) is 0 Å². The lowest BCUT2D eigenvalue weighted by molar-refractivity contribution is -0.144. The predicted molar refractivity (Wildman–Crippen MR) is 67.1 cm³/mol. The highest BCUT2D eigenvalue weighted by Crippen LogP contribution is 2.64. The topological polar surface area (TPSA) is 49.8 Å². The Bertz CT molecular complexity index is 375. The zero-order chi connectivity index (χ0) is 13.2. The second kappa shape index (κ2) is 3.41. The third-order valence-electron chi connectivity index (χ3n) is 4.69. The number of fused-ring (bicyclic) bond motifs is 2. The lowest BCUT2D eigenvalue weighted by atomic mass is 9.55. The smallest absolute Gasteiger partial charge is 0.410 e. The number of piperidine rings is 2. The van der Waals surface area contributed by atoms with Crippen molar-refractivity contribution in [3.05, 3.63) is 0 Å². The van der Waals surface area contributed by atoms with Crippen LogP contribution < -0.4 is 0 Å². The summed E-state index contributed by atoms with van der Waals surface area (Å²) in [6, 6.07) is 0. The average molecular weight is 253 g/mol. The van der Waals surface area contributed by atoms with Gasteiger partial charge in [0.05, 0.1) is 5.60 Å². The maximum absolute atomic E-state index is 12.1. The van der Waals surface area contributed by atoms with Crippen LogP contribution in [-0.2, 0) is 4.74 Å². The van der Waals surface area contributed by atoms with Crippen LogP contribution in [0.25, 0.3) is 0 Å². The number of rotatable bonds is 1. The third kappa shape index (κ3) is 1.81. The summed E-state index contributed by atoms with van der Waals surface area (Å²) in [6.07, 6.45) is 3.76. The van der Waals surface area contributed by atoms with Gasteiger partial charge in [0.25, 0.3) is 0 Å². The van der Waals surface area contributed by atoms with Crippen LogP contribution in [0, 0.1) is 11.3 Å². The Hall–Kier alpha value is -0.770. The molecule has 18 heavy (non-hydrogen) atoms. The lowest BCUT2D eigenvalue weighted by Crippen LogP contribution is -2.63. The van der Waals surface area contributed by atoms with Gasteiger partial charge in [-0.1, -0.05) is 0 Å². The molecule has 2 saturated carbocycles. The number of carbonyl (C=O) groups excluding carboxylic acids is 1. The van der Waals surface area contributed by atoms with E-state index in [1.54, 1.807) is 4.90 Å². The molecule has 1 N–H and O–H groups in total. The van der Waals surface area contributed by atoms with E-state index in [4.69, 9.17) is 4.74 Å². The number of amides is 1. The summed E-state index contributed by atoms with van der Waals surface area (Å²) in [4.78, 5) is 13.9. The van der Waals surface area contributed by atoms with Crippen LogP contribution in [0.1, 0.15) is 46.5 Å². The van der Waals surface area contributed by atoms with E-state index in [0.717, 1.165) is 32.2 Å². The Labute approximate surface area is 108 Å². The molecule has 4 heteroatoms. The molecular formula is C14H23NO3. The van der Waals surface area contributed by atoms with Crippen molar-refractivity contribution >= 4 is 6.09 Å². The lowest BCUT2D eigenvalue weighted by Gasteiger charge is -2.58. The first kappa shape index (κ1) is 12.3. The molecule has 2 saturated heterocycles. The molecule has 4 fully saturated rings. The Morgan fingerprint density at radius 2 is 1.94 bits per heavy atom. The largest absolute Gasteiger partial charge is 0.444 e. The molecule has 0 aromatic rings. The third-order valence-corrected chi connectivity index (χ3v) is 4.69. The van der Waals surface area contributed by atoms with Crippen molar-refractivity contribution in [1.82, 2.24) is 4.90 Å². The molecule has 4 nitrogen and oxygen atoms in total. The molecule has 0 unspecified atom stereocenters. The first-order valence-electron chi connectivity index (χ1n) is 6.93. The molecule has 4 aliphatic rings. The summed E-state index contributed by atoms with van der Waals surface area (Å²) in [5.74, 6) is 0.566. The highest BCUT2D eigenvalue weighted by molar-refractivity contribution is 5.68. The van der Waals surface area contributed by atoms with E-state index in [1.165, 1.54) is 0 Å². The highest BCUT2D eigenvalue weighted by Gasteiger charge is 2.66. The SMILES string of the molecule is CC(C)(C)OC(=O)N1CC2CC(C3(O)CC3)(C2)C1. The quantitative estimate of drug-likeness (QED) is 0.779. The maximum Gasteiger partial charge on any atom is 0.410 e. The maximum atomic E-state index is 12.1. The number of ether oxygens (including phenoxy) is 1. The number of aliphatic hydroxyl groups is 1. The van der Waals surface area contributed by atoms with Gasteiger partial charge in [-0.2, -0.15) is 0 Å². The van der Waals surface area contributed by atoms with Crippen LogP contribution in [0.3, 0.4) is 0 Å². The van der Waals surface area contributed by atoms with Crippen molar-refractivity contribution in [2.24, 2.45) is 11.3 Å². The van der Waals surface area contributed by atoms with Gasteiger partial charge < -0.3 is 14.7 Å². The zero-order valence-electron chi connectivity index (χ0n) is 11.5. The molecule has 0 aromatic carbocycles. The van der Waals surface area contributed by atoms with Gasteiger partial charge in [0.15, 0.2) is 0 Å². The van der Waals surface area contributed by atoms with Crippen molar-refractivity contribution in [3.63, 3.8) is 0 Å². The summed E-state index contributed by atoms with van der Waals surface area (Å²) in [5, 5.41) is 10.4. The fraction of sp³-hybridized carbons (Fsp3) is 0.929. The number of hydrogen-bond donors (Lipinski definition) is 1. The molecule has 2 heterocycles. The molecule has 2 bridgehead atoms. The van der Waals surface area contributed by atoms with Gasteiger partial charge in [-0.05, 0) is 52.4 Å². The molecule has 0 spiro atoms. The van der Waals surface area contributed by atoms with Crippen molar-refractivity contribution in [3.8, 4) is 0 Å². The fourth-order valence-electron chi connectivity index (χ4n) is 3.69. The molecular weight excluding hydrogens is 230 g/mol. The molecule has 2 aliphatic heterocycles. The molecule has 102 valence electrons. The average Bonchev–Trinajstić information content (AvgIpc) is 2.94. The Kier molecular flexibility index (Phi) is 2.32. The van der Waals surface area contributed by atoms with Crippen molar-refractivity contribution < 1.29 is 14.6 Å². The van der Waals surface area contributed by atoms with Gasteiger partial charge in [-0.3, -0.25) is 0 Å². The monoisotopic (exact) mass is 253 g/mol. The van der Waals surface area contributed by atoms with Gasteiger partial charge in [-0.15, -0.1) is 0 Å². The minimum Gasteiger partial charge on any atom is -0.444 e. The van der Waals surface area contributed by atoms with Gasteiger partial charge in [0, 0.05) is 18.5 Å². The van der Waals surface area contributed by atoms with Gasteiger partial charge in [-0.25, -0.2) is 4.79 Å². The van der Waals surface area contributed by atoms with E-state index in [0.29, 0.717) is 12.5 Å². The van der Waals surface area contributed by atoms with Crippen molar-refractivity contribution in [2.45, 2.75) is 57.7 Å². The van der Waals surface area contributed by atoms with E-state index in [9.17, 15) is 9.90 Å². The summed E-state index contributed by atoms with van der Waals surface area (Å²) >= 11 is 0. The second-order valence-corrected chi connectivity index (χ2v) is 7.45. The minimum absolute atomic E-state index is 0.0210. The number of hydrogen-bond acceptors (Lipinski definition) is 3. The standard InChI is InChI=1S/C14H23NO3/c1-12(2,3)18-11(16)15-8-10-6-13(7-10,9-15)14(17)4-5-14/h10,17H,4-9H2,1-3H3. The van der Waals surface area contributed by atoms with E-state index >= 15 is 0 Å². The molecule has 0 aromatic heterocycles. The van der Waals surface area contributed by atoms with Gasteiger partial charge in [0.1, 0.15) is 5.60 Å². The Morgan fingerprint density at radius 1 is 1.33 bits per heavy atom. The van der Waals surface area contributed by atoms with Crippen LogP contribution in [-0.4, -0.2) is 40.4 Å². The Morgan fingerprint density at radius 3 is 2.44 bits per heavy atom. The number of nitrogens with zero attached hydrogens (tertiary/aromatic N) is 1. The molecule has 0 radical (unpaired) electrons. The summed E-state index contributed by atoms with van der Waals surface area (Å²) in [5.41, 5.74) is -0.945. The predicted octanol–water partition coefficient (Wildman–Crippen LogP) is 2.16. The molecule has 2 aliphatic carbocycles. The summed E-state index contributed by atoms with van der Waals surface area (Å²) in [6.45, 7) is 7.14. The number of carbonyl (C=O) groups is 1. The van der Waals surface area contributed by atoms with E-state index in [1.807, 2.05) is 20.8 Å². The van der Waals surface area contributed by atoms with Gasteiger partial charge in [0.2, 0.25) is 0 Å². The van der Waals surface area contributed by atoms with E-state index < -0.39 is 11.2 Å². The van der Waals surface area contributed by atoms with Gasteiger partial charge >= 0.3 is 6.09 Å². The van der Waals surface area contributed by atoms with E-state index in [-0.39, 0.29) is 11.5 Å². The highest BCUT2D eigenvalue weighted by atomic mass is 16.6. The Balaban J connectivity index is 1.68. The van der Waals surface area contributed by atoms with Crippen LogP contribution in [0.4, 0.5) is 4.79 Å². The van der Waals surface area contributed by atoms with E-state index in [2.05, 4.69) is 0 Å². The molecule has 4 rings (SSSR count). The van der Waals surface area contributed by atoms with Crippen molar-refractivity contribution in [2.75, 3.05) is 13.1 Å². The summed E-state index contributed by atoms with van der Waals surface area (Å²) in [7, 11) is 0. The van der Waals surface area contributed by atoms with Crippen LogP contribution in [0.2, 0.25) is 0 Å². The first-order valence-corrected chi connectivity index (χ1v) is 6.93. The molecule has 0 atom stereocenters. The fourth-order valence-corrected chi connectivity index (χ4v) is 3.69. The molecule has 1 amide bonds.